The van der Waals surface area contributed by atoms with Gasteiger partial charge in [-0.25, -0.2) is 4.79 Å². The summed E-state index contributed by atoms with van der Waals surface area (Å²) < 4.78 is 3.36. The smallest absolute Gasteiger partial charge is 0.329 e. The molecule has 0 spiro atoms. The van der Waals surface area contributed by atoms with E-state index in [1.54, 1.807) is 9.13 Å². The molecule has 0 unspecified atom stereocenters. The number of rotatable bonds is 6. The number of carbonyl (C=O) groups excluding carboxylic acids is 1. The molecule has 2 aromatic rings. The van der Waals surface area contributed by atoms with Crippen LogP contribution in [0.25, 0.3) is 11.0 Å². The van der Waals surface area contributed by atoms with Crippen LogP contribution in [0, 0.1) is 5.92 Å². The summed E-state index contributed by atoms with van der Waals surface area (Å²) in [5.74, 6) is 0.934. The average Bonchev–Trinajstić information content (AvgIpc) is 3.46. The maximum atomic E-state index is 12.8. The fourth-order valence-corrected chi connectivity index (χ4v) is 3.95. The van der Waals surface area contributed by atoms with Gasteiger partial charge in [-0.05, 0) is 57.2 Å². The number of aryl methyl sites for hydroxylation is 1. The Morgan fingerprint density at radius 2 is 1.73 bits per heavy atom. The third kappa shape index (κ3) is 3.43. The molecule has 4 rings (SSSR count). The number of hydrogen-bond acceptors (Lipinski definition) is 3. The topological polar surface area (TPSA) is 59.3 Å². The van der Waals surface area contributed by atoms with Crippen molar-refractivity contribution in [2.24, 2.45) is 5.92 Å². The van der Waals surface area contributed by atoms with Crippen molar-refractivity contribution < 1.29 is 4.79 Å². The highest BCUT2D eigenvalue weighted by Crippen LogP contribution is 2.28. The van der Waals surface area contributed by atoms with Gasteiger partial charge in [0.25, 0.3) is 0 Å². The lowest BCUT2D eigenvalue weighted by Crippen LogP contribution is -2.46. The lowest BCUT2D eigenvalue weighted by molar-refractivity contribution is -0.132. The molecule has 1 saturated heterocycles. The van der Waals surface area contributed by atoms with Gasteiger partial charge in [-0.3, -0.25) is 13.9 Å². The van der Waals surface area contributed by atoms with Crippen molar-refractivity contribution >= 4 is 16.9 Å². The second kappa shape index (κ2) is 7.27. The molecule has 1 N–H and O–H groups in total. The van der Waals surface area contributed by atoms with Crippen molar-refractivity contribution in [1.29, 1.82) is 0 Å². The van der Waals surface area contributed by atoms with E-state index in [4.69, 9.17) is 0 Å². The molecule has 0 atom stereocenters. The second-order valence-electron chi connectivity index (χ2n) is 7.61. The van der Waals surface area contributed by atoms with Gasteiger partial charge < -0.3 is 10.2 Å². The van der Waals surface area contributed by atoms with E-state index in [-0.39, 0.29) is 18.1 Å². The normalized spacial score (nSPS) is 18.6. The number of nitrogens with one attached hydrogen (secondary N) is 1. The van der Waals surface area contributed by atoms with E-state index in [9.17, 15) is 9.59 Å². The number of fused-ring (bicyclic) bond motifs is 1. The average molecular weight is 356 g/mol. The van der Waals surface area contributed by atoms with Crippen molar-refractivity contribution in [3.63, 3.8) is 0 Å². The fraction of sp³-hybridized carbons (Fsp3) is 0.600. The molecule has 1 aromatic heterocycles. The van der Waals surface area contributed by atoms with E-state index in [0.717, 1.165) is 49.4 Å². The van der Waals surface area contributed by atoms with Crippen LogP contribution in [0.4, 0.5) is 0 Å². The highest BCUT2D eigenvalue weighted by atomic mass is 16.2. The standard InChI is InChI=1S/C20H28N4O2/c1-2-23-17-5-3-4-6-18(17)24(20(23)26)14-19(25)22-11-9-16(10-12-22)21-13-15-7-8-15/h3-6,15-16,21H,2,7-14H2,1H3. The largest absolute Gasteiger partial charge is 0.341 e. The van der Waals surface area contributed by atoms with Crippen molar-refractivity contribution in [3.05, 3.63) is 34.7 Å². The fourth-order valence-electron chi connectivity index (χ4n) is 3.95. The molecule has 1 aliphatic carbocycles. The van der Waals surface area contributed by atoms with E-state index >= 15 is 0 Å². The minimum Gasteiger partial charge on any atom is -0.341 e. The molecule has 1 saturated carbocycles. The Kier molecular flexibility index (Phi) is 4.85. The summed E-state index contributed by atoms with van der Waals surface area (Å²) in [6, 6.07) is 8.24. The minimum atomic E-state index is -0.0944. The molecule has 1 aliphatic heterocycles. The zero-order valence-electron chi connectivity index (χ0n) is 15.5. The Labute approximate surface area is 153 Å². The molecule has 6 heteroatoms. The number of para-hydroxylation sites is 2. The van der Waals surface area contributed by atoms with Gasteiger partial charge in [-0.1, -0.05) is 12.1 Å². The zero-order valence-corrected chi connectivity index (χ0v) is 15.5. The SMILES string of the molecule is CCn1c(=O)n(CC(=O)N2CCC(NCC3CC3)CC2)c2ccccc21. The second-order valence-corrected chi connectivity index (χ2v) is 7.61. The van der Waals surface area contributed by atoms with E-state index < -0.39 is 0 Å². The number of piperidine rings is 1. The van der Waals surface area contributed by atoms with Gasteiger partial charge in [0, 0.05) is 25.7 Å². The van der Waals surface area contributed by atoms with Crippen molar-refractivity contribution in [3.8, 4) is 0 Å². The van der Waals surface area contributed by atoms with Crippen molar-refractivity contribution in [2.75, 3.05) is 19.6 Å². The Morgan fingerprint density at radius 1 is 1.08 bits per heavy atom. The van der Waals surface area contributed by atoms with Crippen LogP contribution >= 0.6 is 0 Å². The first-order valence-electron chi connectivity index (χ1n) is 9.86. The molecule has 0 bridgehead atoms. The van der Waals surface area contributed by atoms with Crippen LogP contribution in [0.15, 0.2) is 29.1 Å². The predicted octanol–water partition coefficient (Wildman–Crippen LogP) is 1.81. The van der Waals surface area contributed by atoms with Crippen LogP contribution in [0.5, 0.6) is 0 Å². The summed E-state index contributed by atoms with van der Waals surface area (Å²) in [6.45, 7) is 5.39. The molecule has 2 heterocycles. The first-order valence-corrected chi connectivity index (χ1v) is 9.86. The first-order chi connectivity index (χ1) is 12.7. The molecule has 2 fully saturated rings. The van der Waals surface area contributed by atoms with Crippen LogP contribution in [-0.2, 0) is 17.9 Å². The Balaban J connectivity index is 1.41. The molecular weight excluding hydrogens is 328 g/mol. The van der Waals surface area contributed by atoms with Gasteiger partial charge >= 0.3 is 5.69 Å². The number of hydrogen-bond donors (Lipinski definition) is 1. The maximum absolute atomic E-state index is 12.8. The minimum absolute atomic E-state index is 0.0479. The number of likely N-dealkylation sites (tertiary alicyclic amines) is 1. The number of imidazole rings is 1. The molecule has 2 aliphatic rings. The highest BCUT2D eigenvalue weighted by molar-refractivity contribution is 5.81. The third-order valence-electron chi connectivity index (χ3n) is 5.77. The summed E-state index contributed by atoms with van der Waals surface area (Å²) in [4.78, 5) is 27.4. The molecule has 0 radical (unpaired) electrons. The Bertz CT molecular complexity index is 841. The van der Waals surface area contributed by atoms with E-state index in [2.05, 4.69) is 5.32 Å². The van der Waals surface area contributed by atoms with Crippen molar-refractivity contribution in [2.45, 2.75) is 51.7 Å². The van der Waals surface area contributed by atoms with Gasteiger partial charge in [-0.2, -0.15) is 0 Å². The van der Waals surface area contributed by atoms with Crippen LogP contribution in [-0.4, -0.2) is 45.6 Å². The Morgan fingerprint density at radius 3 is 2.35 bits per heavy atom. The highest BCUT2D eigenvalue weighted by Gasteiger charge is 2.26. The van der Waals surface area contributed by atoms with Crippen LogP contribution in [0.1, 0.15) is 32.6 Å². The molecule has 26 heavy (non-hydrogen) atoms. The van der Waals surface area contributed by atoms with Gasteiger partial charge in [0.05, 0.1) is 11.0 Å². The zero-order chi connectivity index (χ0) is 18.1. The quantitative estimate of drug-likeness (QED) is 0.859. The summed E-state index contributed by atoms with van der Waals surface area (Å²) in [5.41, 5.74) is 1.65. The van der Waals surface area contributed by atoms with Crippen LogP contribution < -0.4 is 11.0 Å². The lowest BCUT2D eigenvalue weighted by Gasteiger charge is -2.32. The summed E-state index contributed by atoms with van der Waals surface area (Å²) in [5, 5.41) is 3.64. The molecular formula is C20H28N4O2. The lowest BCUT2D eigenvalue weighted by atomic mass is 10.0. The first kappa shape index (κ1) is 17.3. The van der Waals surface area contributed by atoms with E-state index in [0.29, 0.717) is 12.6 Å². The van der Waals surface area contributed by atoms with Gasteiger partial charge in [0.1, 0.15) is 6.54 Å². The number of nitrogens with zero attached hydrogens (tertiary/aromatic N) is 3. The maximum Gasteiger partial charge on any atom is 0.329 e. The van der Waals surface area contributed by atoms with Crippen LogP contribution in [0.2, 0.25) is 0 Å². The number of carbonyl (C=O) groups is 1. The van der Waals surface area contributed by atoms with Crippen molar-refractivity contribution in [1.82, 2.24) is 19.4 Å². The molecule has 6 nitrogen and oxygen atoms in total. The summed E-state index contributed by atoms with van der Waals surface area (Å²) in [6.07, 6.45) is 4.74. The Hall–Kier alpha value is -2.08. The summed E-state index contributed by atoms with van der Waals surface area (Å²) >= 11 is 0. The van der Waals surface area contributed by atoms with Gasteiger partial charge in [0.2, 0.25) is 5.91 Å². The van der Waals surface area contributed by atoms with Gasteiger partial charge in [-0.15, -0.1) is 0 Å². The van der Waals surface area contributed by atoms with E-state index in [1.807, 2.05) is 36.1 Å². The molecule has 1 aromatic carbocycles. The number of aromatic nitrogens is 2. The molecule has 1 amide bonds. The monoisotopic (exact) mass is 356 g/mol. The summed E-state index contributed by atoms with van der Waals surface area (Å²) in [7, 11) is 0. The third-order valence-corrected chi connectivity index (χ3v) is 5.77. The molecule has 140 valence electrons. The number of amides is 1. The van der Waals surface area contributed by atoms with E-state index in [1.165, 1.54) is 12.8 Å². The van der Waals surface area contributed by atoms with Gasteiger partial charge in [0.15, 0.2) is 0 Å². The predicted molar refractivity (Wildman–Crippen MR) is 102 cm³/mol. The number of benzene rings is 1. The van der Waals surface area contributed by atoms with Crippen LogP contribution in [0.3, 0.4) is 0 Å².